The number of rotatable bonds is 2. The van der Waals surface area contributed by atoms with Crippen molar-refractivity contribution in [3.8, 4) is 0 Å². The van der Waals surface area contributed by atoms with Gasteiger partial charge in [0.1, 0.15) is 0 Å². The van der Waals surface area contributed by atoms with E-state index >= 15 is 0 Å². The van der Waals surface area contributed by atoms with Crippen LogP contribution in [0.1, 0.15) is 10.4 Å². The van der Waals surface area contributed by atoms with Crippen molar-refractivity contribution in [3.05, 3.63) is 59.4 Å². The number of hydrogen-bond acceptors (Lipinski definition) is 3. The lowest BCUT2D eigenvalue weighted by Gasteiger charge is -2.09. The largest absolute Gasteiger partial charge is 0.337 e. The lowest BCUT2D eigenvalue weighted by atomic mass is 10.3. The van der Waals surface area contributed by atoms with Crippen molar-refractivity contribution >= 4 is 29.2 Å². The van der Waals surface area contributed by atoms with Gasteiger partial charge in [-0.05, 0) is 30.3 Å². The molecular formula is C13H11ClN4O2. The molecule has 0 atom stereocenters. The third-order valence-electron chi connectivity index (χ3n) is 2.30. The summed E-state index contributed by atoms with van der Waals surface area (Å²) in [6.45, 7) is 0. The summed E-state index contributed by atoms with van der Waals surface area (Å²) in [4.78, 5) is 27.0. The molecule has 7 heteroatoms. The first-order valence-electron chi connectivity index (χ1n) is 5.68. The Balaban J connectivity index is 1.85. The predicted octanol–water partition coefficient (Wildman–Crippen LogP) is 2.20. The van der Waals surface area contributed by atoms with Crippen LogP contribution in [0, 0.1) is 0 Å². The molecule has 3 amide bonds. The van der Waals surface area contributed by atoms with Crippen LogP contribution in [-0.4, -0.2) is 16.9 Å². The van der Waals surface area contributed by atoms with Crippen molar-refractivity contribution in [2.24, 2.45) is 0 Å². The number of benzene rings is 1. The molecule has 6 nitrogen and oxygen atoms in total. The van der Waals surface area contributed by atoms with Gasteiger partial charge in [0, 0.05) is 23.1 Å². The number of hydrazine groups is 1. The Bertz CT molecular complexity index is 619. The van der Waals surface area contributed by atoms with Crippen LogP contribution in [0.3, 0.4) is 0 Å². The quantitative estimate of drug-likeness (QED) is 0.742. The standard InChI is InChI=1S/C13H11ClN4O2/c14-10-4-1-5-11(7-10)16-13(20)18-17-12(19)9-3-2-6-15-8-9/h1-8H,(H,17,19)(H2,16,18,20). The summed E-state index contributed by atoms with van der Waals surface area (Å²) in [5.74, 6) is -0.459. The Labute approximate surface area is 120 Å². The molecule has 2 aromatic rings. The van der Waals surface area contributed by atoms with Crippen LogP contribution in [0.5, 0.6) is 0 Å². The molecule has 0 aliphatic heterocycles. The van der Waals surface area contributed by atoms with Gasteiger partial charge < -0.3 is 5.32 Å². The van der Waals surface area contributed by atoms with E-state index in [9.17, 15) is 9.59 Å². The van der Waals surface area contributed by atoms with Crippen LogP contribution in [0.15, 0.2) is 48.8 Å². The second kappa shape index (κ2) is 6.53. The van der Waals surface area contributed by atoms with E-state index in [0.29, 0.717) is 16.3 Å². The van der Waals surface area contributed by atoms with Gasteiger partial charge in [0.2, 0.25) is 0 Å². The summed E-state index contributed by atoms with van der Waals surface area (Å²) in [5.41, 5.74) is 5.35. The number of pyridine rings is 1. The molecule has 0 fully saturated rings. The number of halogens is 1. The maximum Gasteiger partial charge on any atom is 0.337 e. The summed E-state index contributed by atoms with van der Waals surface area (Å²) in [5, 5.41) is 3.03. The fourth-order valence-corrected chi connectivity index (χ4v) is 1.60. The maximum atomic E-state index is 11.6. The van der Waals surface area contributed by atoms with Crippen molar-refractivity contribution in [1.82, 2.24) is 15.8 Å². The monoisotopic (exact) mass is 290 g/mol. The summed E-state index contributed by atoms with van der Waals surface area (Å²) in [6.07, 6.45) is 2.95. The zero-order valence-electron chi connectivity index (χ0n) is 10.3. The molecule has 1 heterocycles. The Morgan fingerprint density at radius 3 is 2.65 bits per heavy atom. The zero-order valence-corrected chi connectivity index (χ0v) is 11.0. The summed E-state index contributed by atoms with van der Waals surface area (Å²) < 4.78 is 0. The second-order valence-electron chi connectivity index (χ2n) is 3.79. The van der Waals surface area contributed by atoms with Crippen molar-refractivity contribution in [1.29, 1.82) is 0 Å². The number of amides is 3. The average molecular weight is 291 g/mol. The Morgan fingerprint density at radius 1 is 1.10 bits per heavy atom. The minimum Gasteiger partial charge on any atom is -0.307 e. The van der Waals surface area contributed by atoms with Gasteiger partial charge in [-0.15, -0.1) is 0 Å². The number of nitrogens with one attached hydrogen (secondary N) is 3. The highest BCUT2D eigenvalue weighted by Crippen LogP contribution is 2.14. The summed E-state index contributed by atoms with van der Waals surface area (Å²) in [6, 6.07) is 9.28. The normalized spacial score (nSPS) is 9.65. The van der Waals surface area contributed by atoms with Crippen LogP contribution in [0.25, 0.3) is 0 Å². The third kappa shape index (κ3) is 3.96. The van der Waals surface area contributed by atoms with E-state index in [0.717, 1.165) is 0 Å². The Morgan fingerprint density at radius 2 is 1.95 bits per heavy atom. The summed E-state index contributed by atoms with van der Waals surface area (Å²) >= 11 is 5.79. The fraction of sp³-hybridized carbons (Fsp3) is 0. The lowest BCUT2D eigenvalue weighted by molar-refractivity contribution is 0.0937. The van der Waals surface area contributed by atoms with E-state index in [4.69, 9.17) is 11.6 Å². The topological polar surface area (TPSA) is 83.1 Å². The molecule has 0 spiro atoms. The van der Waals surface area contributed by atoms with Crippen LogP contribution in [0.4, 0.5) is 10.5 Å². The van der Waals surface area contributed by atoms with Crippen molar-refractivity contribution in [2.45, 2.75) is 0 Å². The van der Waals surface area contributed by atoms with E-state index in [1.54, 1.807) is 42.6 Å². The molecule has 0 unspecified atom stereocenters. The smallest absolute Gasteiger partial charge is 0.307 e. The molecule has 1 aromatic carbocycles. The molecule has 20 heavy (non-hydrogen) atoms. The highest BCUT2D eigenvalue weighted by Gasteiger charge is 2.07. The number of carbonyl (C=O) groups excluding carboxylic acids is 2. The molecule has 2 rings (SSSR count). The van der Waals surface area contributed by atoms with E-state index in [1.165, 1.54) is 6.20 Å². The molecule has 3 N–H and O–H groups in total. The molecule has 0 aliphatic carbocycles. The van der Waals surface area contributed by atoms with Crippen LogP contribution in [-0.2, 0) is 0 Å². The van der Waals surface area contributed by atoms with Crippen LogP contribution >= 0.6 is 11.6 Å². The van der Waals surface area contributed by atoms with Gasteiger partial charge in [0.25, 0.3) is 5.91 Å². The third-order valence-corrected chi connectivity index (χ3v) is 2.53. The number of nitrogens with zero attached hydrogens (tertiary/aromatic N) is 1. The first-order valence-corrected chi connectivity index (χ1v) is 6.06. The number of carbonyl (C=O) groups is 2. The molecule has 0 bridgehead atoms. The van der Waals surface area contributed by atoms with Crippen LogP contribution in [0.2, 0.25) is 5.02 Å². The lowest BCUT2D eigenvalue weighted by Crippen LogP contribution is -2.43. The minimum absolute atomic E-state index is 0.343. The number of urea groups is 1. The van der Waals surface area contributed by atoms with Gasteiger partial charge in [-0.2, -0.15) is 0 Å². The molecule has 0 aliphatic rings. The number of anilines is 1. The number of hydrogen-bond donors (Lipinski definition) is 3. The van der Waals surface area contributed by atoms with Crippen molar-refractivity contribution in [3.63, 3.8) is 0 Å². The van der Waals surface area contributed by atoms with Crippen molar-refractivity contribution in [2.75, 3.05) is 5.32 Å². The van der Waals surface area contributed by atoms with Gasteiger partial charge in [-0.1, -0.05) is 17.7 Å². The predicted molar refractivity (Wildman–Crippen MR) is 75.3 cm³/mol. The summed E-state index contributed by atoms with van der Waals surface area (Å²) in [7, 11) is 0. The van der Waals surface area contributed by atoms with Gasteiger partial charge in [-0.25, -0.2) is 10.2 Å². The first kappa shape index (κ1) is 13.8. The highest BCUT2D eigenvalue weighted by atomic mass is 35.5. The molecular weight excluding hydrogens is 280 g/mol. The van der Waals surface area contributed by atoms with E-state index in [2.05, 4.69) is 21.2 Å². The molecule has 0 saturated heterocycles. The Hall–Kier alpha value is -2.60. The highest BCUT2D eigenvalue weighted by molar-refractivity contribution is 6.30. The van der Waals surface area contributed by atoms with Gasteiger partial charge >= 0.3 is 6.03 Å². The van der Waals surface area contributed by atoms with Crippen LogP contribution < -0.4 is 16.2 Å². The van der Waals surface area contributed by atoms with Gasteiger partial charge in [0.15, 0.2) is 0 Å². The molecule has 1 aromatic heterocycles. The van der Waals surface area contributed by atoms with Gasteiger partial charge in [0.05, 0.1) is 5.56 Å². The van der Waals surface area contributed by atoms with E-state index < -0.39 is 11.9 Å². The molecule has 0 saturated carbocycles. The van der Waals surface area contributed by atoms with E-state index in [-0.39, 0.29) is 0 Å². The minimum atomic E-state index is -0.579. The fourth-order valence-electron chi connectivity index (χ4n) is 1.41. The Kier molecular flexibility index (Phi) is 4.52. The van der Waals surface area contributed by atoms with Gasteiger partial charge in [-0.3, -0.25) is 15.2 Å². The zero-order chi connectivity index (χ0) is 14.4. The maximum absolute atomic E-state index is 11.6. The number of aromatic nitrogens is 1. The second-order valence-corrected chi connectivity index (χ2v) is 4.22. The molecule has 0 radical (unpaired) electrons. The average Bonchev–Trinajstić information content (AvgIpc) is 2.46. The van der Waals surface area contributed by atoms with E-state index in [1.807, 2.05) is 0 Å². The SMILES string of the molecule is O=C(NNC(=O)c1cccnc1)Nc1cccc(Cl)c1. The van der Waals surface area contributed by atoms with Crippen molar-refractivity contribution < 1.29 is 9.59 Å². The molecule has 102 valence electrons. The first-order chi connectivity index (χ1) is 9.65.